The highest BCUT2D eigenvalue weighted by atomic mass is 16.5. The topological polar surface area (TPSA) is 78.9 Å². The monoisotopic (exact) mass is 236 g/mol. The maximum Gasteiger partial charge on any atom is 0.265 e. The standard InChI is InChI=1S/C11H11NO5/c1-16-7-2-3-8-9(4-7)17-6-10(13)12(8)5-11(14)15/h2-4H,5-6H2,1H3,(H,14,15)/p-1. The molecule has 2 rings (SSSR count). The first-order valence-electron chi connectivity index (χ1n) is 4.93. The number of hydrogen-bond donors (Lipinski definition) is 0. The molecular weight excluding hydrogens is 226 g/mol. The molecule has 0 atom stereocenters. The van der Waals surface area contributed by atoms with Gasteiger partial charge in [-0.15, -0.1) is 0 Å². The van der Waals surface area contributed by atoms with Gasteiger partial charge < -0.3 is 24.3 Å². The minimum Gasteiger partial charge on any atom is -0.548 e. The molecule has 6 heteroatoms. The zero-order valence-electron chi connectivity index (χ0n) is 9.13. The number of nitrogens with zero attached hydrogens (tertiary/aromatic N) is 1. The van der Waals surface area contributed by atoms with Crippen molar-refractivity contribution in [3.05, 3.63) is 18.2 Å². The second-order valence-electron chi connectivity index (χ2n) is 3.47. The summed E-state index contributed by atoms with van der Waals surface area (Å²) in [5.74, 6) is -0.731. The van der Waals surface area contributed by atoms with E-state index in [1.807, 2.05) is 0 Å². The van der Waals surface area contributed by atoms with E-state index in [4.69, 9.17) is 9.47 Å². The summed E-state index contributed by atoms with van der Waals surface area (Å²) in [5.41, 5.74) is 0.409. The lowest BCUT2D eigenvalue weighted by molar-refractivity contribution is -0.303. The fraction of sp³-hybridized carbons (Fsp3) is 0.273. The van der Waals surface area contributed by atoms with Gasteiger partial charge in [-0.05, 0) is 12.1 Å². The minimum absolute atomic E-state index is 0.187. The average Bonchev–Trinajstić information content (AvgIpc) is 2.32. The number of hydrogen-bond acceptors (Lipinski definition) is 5. The Balaban J connectivity index is 2.37. The van der Waals surface area contributed by atoms with Crippen LogP contribution in [-0.2, 0) is 9.59 Å². The number of fused-ring (bicyclic) bond motifs is 1. The van der Waals surface area contributed by atoms with Crippen LogP contribution in [0.2, 0.25) is 0 Å². The van der Waals surface area contributed by atoms with E-state index in [1.165, 1.54) is 7.11 Å². The van der Waals surface area contributed by atoms with Gasteiger partial charge >= 0.3 is 0 Å². The summed E-state index contributed by atoms with van der Waals surface area (Å²) in [7, 11) is 1.51. The average molecular weight is 236 g/mol. The van der Waals surface area contributed by atoms with Crippen molar-refractivity contribution in [2.45, 2.75) is 0 Å². The molecule has 1 aliphatic rings. The van der Waals surface area contributed by atoms with E-state index in [0.29, 0.717) is 17.2 Å². The molecule has 0 unspecified atom stereocenters. The highest BCUT2D eigenvalue weighted by Crippen LogP contribution is 2.34. The molecule has 0 saturated carbocycles. The molecule has 1 aromatic rings. The Morgan fingerprint density at radius 1 is 1.59 bits per heavy atom. The second kappa shape index (κ2) is 4.32. The quantitative estimate of drug-likeness (QED) is 0.684. The molecule has 1 aliphatic heterocycles. The first-order valence-corrected chi connectivity index (χ1v) is 4.93. The first-order chi connectivity index (χ1) is 8.11. The third-order valence-corrected chi connectivity index (χ3v) is 2.40. The van der Waals surface area contributed by atoms with Crippen molar-refractivity contribution in [1.82, 2.24) is 0 Å². The van der Waals surface area contributed by atoms with E-state index >= 15 is 0 Å². The number of carbonyl (C=O) groups excluding carboxylic acids is 2. The number of carboxylic acids is 1. The molecule has 0 aromatic heterocycles. The molecule has 0 saturated heterocycles. The Morgan fingerprint density at radius 3 is 3.00 bits per heavy atom. The van der Waals surface area contributed by atoms with Gasteiger partial charge in [0.15, 0.2) is 6.61 Å². The third-order valence-electron chi connectivity index (χ3n) is 2.40. The maximum absolute atomic E-state index is 11.5. The molecule has 1 amide bonds. The van der Waals surface area contributed by atoms with Crippen LogP contribution in [0.5, 0.6) is 11.5 Å². The lowest BCUT2D eigenvalue weighted by Gasteiger charge is -2.29. The summed E-state index contributed by atoms with van der Waals surface area (Å²) < 4.78 is 10.2. The summed E-state index contributed by atoms with van der Waals surface area (Å²) in [4.78, 5) is 23.2. The van der Waals surface area contributed by atoms with Crippen LogP contribution in [0.4, 0.5) is 5.69 Å². The predicted molar refractivity (Wildman–Crippen MR) is 55.8 cm³/mol. The fourth-order valence-corrected chi connectivity index (χ4v) is 1.61. The lowest BCUT2D eigenvalue weighted by atomic mass is 10.2. The van der Waals surface area contributed by atoms with Crippen LogP contribution in [0.1, 0.15) is 0 Å². The van der Waals surface area contributed by atoms with Crippen LogP contribution < -0.4 is 19.5 Å². The van der Waals surface area contributed by atoms with Gasteiger partial charge in [-0.2, -0.15) is 0 Å². The van der Waals surface area contributed by atoms with Crippen LogP contribution in [0.25, 0.3) is 0 Å². The zero-order valence-corrected chi connectivity index (χ0v) is 9.13. The molecule has 90 valence electrons. The number of carboxylic acid groups (broad SMARTS) is 1. The van der Waals surface area contributed by atoms with Gasteiger partial charge in [0.05, 0.1) is 25.3 Å². The van der Waals surface area contributed by atoms with Gasteiger partial charge in [0, 0.05) is 6.07 Å². The molecule has 17 heavy (non-hydrogen) atoms. The van der Waals surface area contributed by atoms with Gasteiger partial charge in [0.2, 0.25) is 0 Å². The Labute approximate surface area is 97.4 Å². The van der Waals surface area contributed by atoms with Gasteiger partial charge in [-0.3, -0.25) is 4.79 Å². The number of anilines is 1. The van der Waals surface area contributed by atoms with E-state index in [2.05, 4.69) is 0 Å². The number of benzene rings is 1. The van der Waals surface area contributed by atoms with Crippen molar-refractivity contribution in [3.63, 3.8) is 0 Å². The van der Waals surface area contributed by atoms with Gasteiger partial charge in [0.1, 0.15) is 11.5 Å². The second-order valence-corrected chi connectivity index (χ2v) is 3.47. The van der Waals surface area contributed by atoms with Crippen LogP contribution in [0.3, 0.4) is 0 Å². The number of methoxy groups -OCH3 is 1. The molecule has 0 spiro atoms. The van der Waals surface area contributed by atoms with E-state index in [0.717, 1.165) is 4.90 Å². The highest BCUT2D eigenvalue weighted by Gasteiger charge is 2.25. The van der Waals surface area contributed by atoms with E-state index < -0.39 is 18.4 Å². The van der Waals surface area contributed by atoms with Gasteiger partial charge in [-0.25, -0.2) is 0 Å². The molecular formula is C11H10NO5-. The molecule has 0 fully saturated rings. The number of carbonyl (C=O) groups is 2. The molecule has 1 heterocycles. The highest BCUT2D eigenvalue weighted by molar-refractivity contribution is 6.00. The van der Waals surface area contributed by atoms with Gasteiger partial charge in [-0.1, -0.05) is 0 Å². The van der Waals surface area contributed by atoms with E-state index in [-0.39, 0.29) is 6.61 Å². The van der Waals surface area contributed by atoms with Crippen molar-refractivity contribution >= 4 is 17.6 Å². The predicted octanol–water partition coefficient (Wildman–Crippen LogP) is -0.830. The number of amides is 1. The Kier molecular flexibility index (Phi) is 2.86. The molecule has 6 nitrogen and oxygen atoms in total. The van der Waals surface area contributed by atoms with Gasteiger partial charge in [0.25, 0.3) is 5.91 Å². The first kappa shape index (κ1) is 11.3. The Hall–Kier alpha value is -2.24. The van der Waals surface area contributed by atoms with E-state index in [9.17, 15) is 14.7 Å². The summed E-state index contributed by atoms with van der Waals surface area (Å²) in [6.07, 6.45) is 0. The SMILES string of the molecule is COc1ccc2c(c1)OCC(=O)N2CC(=O)[O-]. The van der Waals surface area contributed by atoms with Crippen molar-refractivity contribution in [2.75, 3.05) is 25.2 Å². The molecule has 1 aromatic carbocycles. The Morgan fingerprint density at radius 2 is 2.35 bits per heavy atom. The molecule has 0 radical (unpaired) electrons. The fourth-order valence-electron chi connectivity index (χ4n) is 1.61. The maximum atomic E-state index is 11.5. The van der Waals surface area contributed by atoms with Crippen molar-refractivity contribution in [3.8, 4) is 11.5 Å². The summed E-state index contributed by atoms with van der Waals surface area (Å²) in [6, 6.07) is 4.81. The van der Waals surface area contributed by atoms with E-state index in [1.54, 1.807) is 18.2 Å². The Bertz CT molecular complexity index is 471. The smallest absolute Gasteiger partial charge is 0.265 e. The summed E-state index contributed by atoms with van der Waals surface area (Å²) >= 11 is 0. The van der Waals surface area contributed by atoms with Crippen molar-refractivity contribution < 1.29 is 24.2 Å². The lowest BCUT2D eigenvalue weighted by Crippen LogP contribution is -2.45. The largest absolute Gasteiger partial charge is 0.548 e. The molecule has 0 N–H and O–H groups in total. The summed E-state index contributed by atoms with van der Waals surface area (Å²) in [6.45, 7) is -0.672. The number of aliphatic carboxylic acids is 1. The number of ether oxygens (including phenoxy) is 2. The van der Waals surface area contributed by atoms with Crippen LogP contribution in [0, 0.1) is 0 Å². The van der Waals surface area contributed by atoms with Crippen molar-refractivity contribution in [2.24, 2.45) is 0 Å². The normalized spacial score (nSPS) is 13.9. The number of rotatable bonds is 3. The van der Waals surface area contributed by atoms with Crippen molar-refractivity contribution in [1.29, 1.82) is 0 Å². The molecule has 0 aliphatic carbocycles. The summed E-state index contributed by atoms with van der Waals surface area (Å²) in [5, 5.41) is 10.6. The van der Waals surface area contributed by atoms with Crippen LogP contribution in [-0.4, -0.2) is 32.1 Å². The van der Waals surface area contributed by atoms with Crippen LogP contribution in [0.15, 0.2) is 18.2 Å². The third kappa shape index (κ3) is 2.15. The molecule has 0 bridgehead atoms. The zero-order chi connectivity index (χ0) is 12.4. The van der Waals surface area contributed by atoms with Crippen LogP contribution >= 0.6 is 0 Å². The minimum atomic E-state index is -1.32.